The van der Waals surface area contributed by atoms with Crippen LogP contribution >= 0.6 is 0 Å². The Hall–Kier alpha value is -3.15. The van der Waals surface area contributed by atoms with Crippen LogP contribution in [0.2, 0.25) is 0 Å². The highest BCUT2D eigenvalue weighted by Gasteiger charge is 2.34. The SMILES string of the molecule is CCn1cc(-c2ccc([C@H](C)N3C=C[C@](CCCO)(c4ccccc4)OC3)cc2)ccc1=O. The largest absolute Gasteiger partial charge is 0.396 e. The van der Waals surface area contributed by atoms with E-state index in [1.54, 1.807) is 10.6 Å². The summed E-state index contributed by atoms with van der Waals surface area (Å²) in [6.07, 6.45) is 7.59. The fourth-order valence-corrected chi connectivity index (χ4v) is 4.37. The molecule has 0 spiro atoms. The number of aromatic nitrogens is 1. The molecule has 0 bridgehead atoms. The van der Waals surface area contributed by atoms with Crippen molar-refractivity contribution in [2.24, 2.45) is 0 Å². The normalized spacial score (nSPS) is 18.9. The summed E-state index contributed by atoms with van der Waals surface area (Å²) >= 11 is 0. The molecule has 172 valence electrons. The van der Waals surface area contributed by atoms with Gasteiger partial charge in [0.25, 0.3) is 5.56 Å². The van der Waals surface area contributed by atoms with Gasteiger partial charge < -0.3 is 19.3 Å². The monoisotopic (exact) mass is 444 g/mol. The van der Waals surface area contributed by atoms with E-state index in [9.17, 15) is 9.90 Å². The van der Waals surface area contributed by atoms with Gasteiger partial charge in [-0.2, -0.15) is 0 Å². The zero-order valence-electron chi connectivity index (χ0n) is 19.4. The van der Waals surface area contributed by atoms with Crippen LogP contribution in [0.25, 0.3) is 11.1 Å². The molecule has 2 aromatic carbocycles. The molecule has 1 N–H and O–H groups in total. The predicted molar refractivity (Wildman–Crippen MR) is 132 cm³/mol. The van der Waals surface area contributed by atoms with Gasteiger partial charge in [-0.05, 0) is 61.1 Å². The van der Waals surface area contributed by atoms with Crippen LogP contribution in [-0.4, -0.2) is 27.9 Å². The van der Waals surface area contributed by atoms with Crippen molar-refractivity contribution in [2.45, 2.75) is 44.9 Å². The summed E-state index contributed by atoms with van der Waals surface area (Å²) in [6, 6.07) is 22.4. The van der Waals surface area contributed by atoms with Crippen molar-refractivity contribution < 1.29 is 9.84 Å². The number of nitrogens with zero attached hydrogens (tertiary/aromatic N) is 2. The van der Waals surface area contributed by atoms with E-state index in [4.69, 9.17) is 4.74 Å². The third-order valence-electron chi connectivity index (χ3n) is 6.52. The fourth-order valence-electron chi connectivity index (χ4n) is 4.37. The van der Waals surface area contributed by atoms with Crippen LogP contribution in [0.15, 0.2) is 90.0 Å². The molecule has 1 aromatic heterocycles. The number of ether oxygens (including phenoxy) is 1. The molecule has 0 fully saturated rings. The third-order valence-corrected chi connectivity index (χ3v) is 6.52. The zero-order chi connectivity index (χ0) is 23.3. The molecular weight excluding hydrogens is 412 g/mol. The lowest BCUT2D eigenvalue weighted by atomic mass is 9.88. The van der Waals surface area contributed by atoms with E-state index in [0.29, 0.717) is 19.7 Å². The van der Waals surface area contributed by atoms with Gasteiger partial charge in [-0.1, -0.05) is 54.6 Å². The maximum atomic E-state index is 11.9. The van der Waals surface area contributed by atoms with E-state index in [2.05, 4.69) is 60.5 Å². The molecule has 33 heavy (non-hydrogen) atoms. The first kappa shape index (κ1) is 23.0. The number of pyridine rings is 1. The Morgan fingerprint density at radius 1 is 1.03 bits per heavy atom. The number of aliphatic hydroxyl groups excluding tert-OH is 1. The minimum atomic E-state index is -0.507. The zero-order valence-corrected chi connectivity index (χ0v) is 19.4. The van der Waals surface area contributed by atoms with Crippen LogP contribution in [0, 0.1) is 0 Å². The minimum Gasteiger partial charge on any atom is -0.396 e. The lowest BCUT2D eigenvalue weighted by Gasteiger charge is -2.40. The standard InChI is InChI=1S/C28H32N2O3/c1-3-29-20-25(14-15-27(29)32)24-12-10-23(11-13-24)22(2)30-18-17-28(33-21-30,16-7-19-31)26-8-5-4-6-9-26/h4-6,8-15,17-18,20,22,31H,3,7,16,19,21H2,1-2H3/t22-,28+/m0/s1. The van der Waals surface area contributed by atoms with Crippen molar-refractivity contribution >= 4 is 0 Å². The van der Waals surface area contributed by atoms with Crippen LogP contribution in [0.5, 0.6) is 0 Å². The molecule has 4 rings (SSSR count). The summed E-state index contributed by atoms with van der Waals surface area (Å²) in [5, 5.41) is 9.39. The first-order valence-corrected chi connectivity index (χ1v) is 11.6. The highest BCUT2D eigenvalue weighted by Crippen LogP contribution is 2.37. The minimum absolute atomic E-state index is 0.0222. The van der Waals surface area contributed by atoms with Gasteiger partial charge >= 0.3 is 0 Å². The molecule has 0 unspecified atom stereocenters. The highest BCUT2D eigenvalue weighted by molar-refractivity contribution is 5.62. The molecule has 5 nitrogen and oxygen atoms in total. The van der Waals surface area contributed by atoms with E-state index in [-0.39, 0.29) is 18.2 Å². The second-order valence-corrected chi connectivity index (χ2v) is 8.53. The smallest absolute Gasteiger partial charge is 0.250 e. The molecule has 0 amide bonds. The van der Waals surface area contributed by atoms with Gasteiger partial charge in [0.2, 0.25) is 0 Å². The van der Waals surface area contributed by atoms with E-state index in [0.717, 1.165) is 23.1 Å². The Morgan fingerprint density at radius 3 is 2.39 bits per heavy atom. The fraction of sp³-hybridized carbons (Fsp3) is 0.321. The molecule has 1 aliphatic rings. The number of benzene rings is 2. The average Bonchev–Trinajstić information content (AvgIpc) is 2.88. The summed E-state index contributed by atoms with van der Waals surface area (Å²) in [7, 11) is 0. The van der Waals surface area contributed by atoms with Crippen LogP contribution in [0.4, 0.5) is 0 Å². The van der Waals surface area contributed by atoms with Gasteiger partial charge in [0.05, 0.1) is 6.04 Å². The van der Waals surface area contributed by atoms with E-state index < -0.39 is 5.60 Å². The molecule has 0 saturated heterocycles. The van der Waals surface area contributed by atoms with Crippen molar-refractivity contribution in [3.05, 3.63) is 107 Å². The van der Waals surface area contributed by atoms with Gasteiger partial charge in [-0.15, -0.1) is 0 Å². The van der Waals surface area contributed by atoms with Crippen LogP contribution in [0.3, 0.4) is 0 Å². The van der Waals surface area contributed by atoms with E-state index >= 15 is 0 Å². The number of hydrogen-bond donors (Lipinski definition) is 1. The van der Waals surface area contributed by atoms with E-state index in [1.807, 2.05) is 37.4 Å². The summed E-state index contributed by atoms with van der Waals surface area (Å²) in [4.78, 5) is 14.1. The Kier molecular flexibility index (Phi) is 7.11. The molecule has 0 radical (unpaired) electrons. The molecule has 3 aromatic rings. The maximum Gasteiger partial charge on any atom is 0.250 e. The second-order valence-electron chi connectivity index (χ2n) is 8.53. The average molecular weight is 445 g/mol. The molecular formula is C28H32N2O3. The number of rotatable bonds is 8. The van der Waals surface area contributed by atoms with Gasteiger partial charge in [-0.25, -0.2) is 0 Å². The summed E-state index contributed by atoms with van der Waals surface area (Å²) < 4.78 is 8.15. The molecule has 2 heterocycles. The number of aryl methyl sites for hydroxylation is 1. The van der Waals surface area contributed by atoms with Crippen molar-refractivity contribution in [1.29, 1.82) is 0 Å². The summed E-state index contributed by atoms with van der Waals surface area (Å²) in [5.74, 6) is 0. The maximum absolute atomic E-state index is 11.9. The lowest BCUT2D eigenvalue weighted by Crippen LogP contribution is -2.38. The highest BCUT2D eigenvalue weighted by atomic mass is 16.5. The Bertz CT molecular complexity index is 1140. The molecule has 0 aliphatic carbocycles. The Balaban J connectivity index is 1.52. The number of aliphatic hydroxyl groups is 1. The van der Waals surface area contributed by atoms with Gasteiger partial charge in [0.15, 0.2) is 0 Å². The van der Waals surface area contributed by atoms with Crippen molar-refractivity contribution in [2.75, 3.05) is 13.3 Å². The topological polar surface area (TPSA) is 54.7 Å². The first-order chi connectivity index (χ1) is 16.1. The van der Waals surface area contributed by atoms with Gasteiger partial charge in [0.1, 0.15) is 12.3 Å². The molecule has 2 atom stereocenters. The van der Waals surface area contributed by atoms with E-state index in [1.165, 1.54) is 5.56 Å². The quantitative estimate of drug-likeness (QED) is 0.527. The number of hydrogen-bond acceptors (Lipinski definition) is 4. The summed E-state index contributed by atoms with van der Waals surface area (Å²) in [6.45, 7) is 5.42. The van der Waals surface area contributed by atoms with Crippen molar-refractivity contribution in [3.63, 3.8) is 0 Å². The third kappa shape index (κ3) is 4.95. The second kappa shape index (κ2) is 10.2. The van der Waals surface area contributed by atoms with Crippen LogP contribution < -0.4 is 5.56 Å². The van der Waals surface area contributed by atoms with Crippen LogP contribution in [-0.2, 0) is 16.9 Å². The summed E-state index contributed by atoms with van der Waals surface area (Å²) in [5.41, 5.74) is 3.94. The van der Waals surface area contributed by atoms with Crippen LogP contribution in [0.1, 0.15) is 43.9 Å². The molecule has 1 aliphatic heterocycles. The van der Waals surface area contributed by atoms with Crippen molar-refractivity contribution in [3.8, 4) is 11.1 Å². The van der Waals surface area contributed by atoms with Crippen molar-refractivity contribution in [1.82, 2.24) is 9.47 Å². The predicted octanol–water partition coefficient (Wildman–Crippen LogP) is 5.07. The van der Waals surface area contributed by atoms with Gasteiger partial charge in [0, 0.05) is 31.6 Å². The Labute approximate surface area is 195 Å². The Morgan fingerprint density at radius 2 is 1.76 bits per heavy atom. The molecule has 0 saturated carbocycles. The lowest BCUT2D eigenvalue weighted by molar-refractivity contribution is -0.0887. The molecule has 5 heteroatoms. The van der Waals surface area contributed by atoms with Gasteiger partial charge in [-0.3, -0.25) is 4.79 Å². The first-order valence-electron chi connectivity index (χ1n) is 11.6.